The average Bonchev–Trinajstić information content (AvgIpc) is 2.86. The van der Waals surface area contributed by atoms with Crippen molar-refractivity contribution >= 4 is 19.6 Å². The lowest BCUT2D eigenvalue weighted by Gasteiger charge is -2.15. The molecule has 0 unspecified atom stereocenters. The minimum absolute atomic E-state index is 0.371. The molecule has 6 heteroatoms. The lowest BCUT2D eigenvalue weighted by Crippen LogP contribution is -2.22. The lowest BCUT2D eigenvalue weighted by atomic mass is 10.3. The van der Waals surface area contributed by atoms with Gasteiger partial charge in [0.1, 0.15) is 18.4 Å². The minimum atomic E-state index is -1.08. The molecule has 5 nitrogen and oxygen atoms in total. The third kappa shape index (κ3) is 5.02. The Morgan fingerprint density at radius 3 is 2.64 bits per heavy atom. The van der Waals surface area contributed by atoms with Crippen LogP contribution < -0.4 is 5.32 Å². The first-order valence-electron chi connectivity index (χ1n) is 7.35. The summed E-state index contributed by atoms with van der Waals surface area (Å²) in [4.78, 5) is 0. The molecule has 0 amide bonds. The van der Waals surface area contributed by atoms with Crippen LogP contribution in [0.25, 0.3) is 0 Å². The Morgan fingerprint density at radius 2 is 2.00 bits per heavy atom. The molecule has 1 heterocycles. The number of hydrogen-bond acceptors (Lipinski definition) is 4. The fraction of sp³-hybridized carbons (Fsp3) is 0.375. The van der Waals surface area contributed by atoms with Gasteiger partial charge in [0.15, 0.2) is 5.82 Å². The number of nitrogens with zero attached hydrogens (tertiary/aromatic N) is 3. The van der Waals surface area contributed by atoms with Crippen molar-refractivity contribution in [2.45, 2.75) is 32.4 Å². The fourth-order valence-corrected chi connectivity index (χ4v) is 2.61. The number of para-hydroxylation sites is 1. The van der Waals surface area contributed by atoms with Gasteiger partial charge in [0.05, 0.1) is 0 Å². The highest BCUT2D eigenvalue weighted by Gasteiger charge is 2.13. The molecule has 0 saturated heterocycles. The van der Waals surface area contributed by atoms with Gasteiger partial charge in [-0.2, -0.15) is 10.4 Å². The van der Waals surface area contributed by atoms with Gasteiger partial charge < -0.3 is 10.1 Å². The van der Waals surface area contributed by atoms with Crippen LogP contribution in [0.5, 0.6) is 0 Å². The lowest BCUT2D eigenvalue weighted by molar-refractivity contribution is 0.0787. The maximum atomic E-state index is 9.21. The zero-order valence-electron chi connectivity index (χ0n) is 13.3. The molecule has 0 fully saturated rings. The largest absolute Gasteiger partial charge is 0.360 e. The summed E-state index contributed by atoms with van der Waals surface area (Å²) in [5, 5.41) is 16.7. The first kappa shape index (κ1) is 16.3. The summed E-state index contributed by atoms with van der Waals surface area (Å²) in [6.07, 6.45) is 1.71. The Morgan fingerprint density at radius 1 is 1.27 bits per heavy atom. The predicted octanol–water partition coefficient (Wildman–Crippen LogP) is 3.81. The molecule has 0 spiro atoms. The number of rotatable bonds is 7. The van der Waals surface area contributed by atoms with Crippen molar-refractivity contribution in [3.8, 4) is 6.07 Å². The summed E-state index contributed by atoms with van der Waals surface area (Å²) in [6.45, 7) is 8.06. The van der Waals surface area contributed by atoms with E-state index in [1.807, 2.05) is 30.3 Å². The number of nitriles is 1. The fourth-order valence-electron chi connectivity index (χ4n) is 1.86. The van der Waals surface area contributed by atoms with Gasteiger partial charge in [-0.25, -0.2) is 4.68 Å². The monoisotopic (exact) mass is 314 g/mol. The van der Waals surface area contributed by atoms with E-state index in [1.165, 1.54) is 0 Å². The summed E-state index contributed by atoms with van der Waals surface area (Å²) in [6, 6.07) is 13.0. The van der Waals surface area contributed by atoms with Crippen LogP contribution in [0.1, 0.15) is 5.56 Å². The van der Waals surface area contributed by atoms with Gasteiger partial charge in [0, 0.05) is 26.6 Å². The molecule has 22 heavy (non-hydrogen) atoms. The van der Waals surface area contributed by atoms with Gasteiger partial charge >= 0.3 is 0 Å². The first-order valence-corrected chi connectivity index (χ1v) is 11.1. The van der Waals surface area contributed by atoms with E-state index in [9.17, 15) is 5.26 Å². The van der Waals surface area contributed by atoms with Crippen molar-refractivity contribution in [3.63, 3.8) is 0 Å². The van der Waals surface area contributed by atoms with Gasteiger partial charge in [-0.05, 0) is 18.2 Å². The summed E-state index contributed by atoms with van der Waals surface area (Å²) in [5.74, 6) is 0.558. The van der Waals surface area contributed by atoms with Crippen LogP contribution in [0.4, 0.5) is 11.5 Å². The quantitative estimate of drug-likeness (QED) is 0.623. The van der Waals surface area contributed by atoms with E-state index in [-0.39, 0.29) is 0 Å². The molecule has 116 valence electrons. The highest BCUT2D eigenvalue weighted by Crippen LogP contribution is 2.18. The van der Waals surface area contributed by atoms with Gasteiger partial charge in [-0.15, -0.1) is 0 Å². The second-order valence-electron chi connectivity index (χ2n) is 6.38. The second-order valence-corrected chi connectivity index (χ2v) is 12.0. The Balaban J connectivity index is 1.95. The molecule has 0 aliphatic heterocycles. The average molecular weight is 314 g/mol. The molecular formula is C16H22N4OSi. The number of ether oxygens (including phenoxy) is 1. The van der Waals surface area contributed by atoms with Crippen molar-refractivity contribution in [2.75, 3.05) is 11.9 Å². The molecule has 0 saturated carbocycles. The van der Waals surface area contributed by atoms with E-state index in [4.69, 9.17) is 4.74 Å². The van der Waals surface area contributed by atoms with Gasteiger partial charge in [-0.1, -0.05) is 37.8 Å². The molecule has 0 aliphatic rings. The molecule has 2 rings (SSSR count). The molecule has 1 aromatic heterocycles. The third-order valence-electron chi connectivity index (χ3n) is 3.14. The number of anilines is 2. The maximum Gasteiger partial charge on any atom is 0.170 e. The van der Waals surface area contributed by atoms with E-state index in [2.05, 4.69) is 36.1 Å². The summed E-state index contributed by atoms with van der Waals surface area (Å²) < 4.78 is 7.32. The van der Waals surface area contributed by atoms with Crippen LogP contribution in [0.3, 0.4) is 0 Å². The van der Waals surface area contributed by atoms with E-state index < -0.39 is 8.07 Å². The Hall–Kier alpha value is -2.10. The first-order chi connectivity index (χ1) is 10.5. The highest BCUT2D eigenvalue weighted by atomic mass is 28.3. The standard InChI is InChI=1S/C16H22N4OSi/c1-22(2,3)10-9-21-13-20-12-14(11-17)16(19-20)18-15-7-5-4-6-8-15/h4-8,12H,9-10,13H2,1-3H3,(H,18,19). The van der Waals surface area contributed by atoms with E-state index in [0.29, 0.717) is 18.1 Å². The third-order valence-corrected chi connectivity index (χ3v) is 4.84. The molecule has 0 radical (unpaired) electrons. The van der Waals surface area contributed by atoms with Crippen LogP contribution in [-0.2, 0) is 11.5 Å². The van der Waals surface area contributed by atoms with E-state index in [0.717, 1.165) is 18.3 Å². The molecule has 2 aromatic rings. The smallest absolute Gasteiger partial charge is 0.170 e. The van der Waals surface area contributed by atoms with Gasteiger partial charge in [-0.3, -0.25) is 0 Å². The zero-order chi connectivity index (χ0) is 16.0. The number of hydrogen-bond donors (Lipinski definition) is 1. The van der Waals surface area contributed by atoms with Gasteiger partial charge in [0.25, 0.3) is 0 Å². The Labute approximate surface area is 132 Å². The molecule has 1 aromatic carbocycles. The van der Waals surface area contributed by atoms with Crippen molar-refractivity contribution in [1.82, 2.24) is 9.78 Å². The van der Waals surface area contributed by atoms with Crippen molar-refractivity contribution in [1.29, 1.82) is 5.26 Å². The van der Waals surface area contributed by atoms with Crippen LogP contribution in [0.15, 0.2) is 36.5 Å². The molecular weight excluding hydrogens is 292 g/mol. The second kappa shape index (κ2) is 7.25. The van der Waals surface area contributed by atoms with Gasteiger partial charge in [0.2, 0.25) is 0 Å². The normalized spacial score (nSPS) is 11.2. The van der Waals surface area contributed by atoms with E-state index >= 15 is 0 Å². The van der Waals surface area contributed by atoms with Crippen molar-refractivity contribution in [3.05, 3.63) is 42.1 Å². The highest BCUT2D eigenvalue weighted by molar-refractivity contribution is 6.76. The zero-order valence-corrected chi connectivity index (χ0v) is 14.3. The maximum absolute atomic E-state index is 9.21. The predicted molar refractivity (Wildman–Crippen MR) is 90.8 cm³/mol. The summed E-state index contributed by atoms with van der Waals surface area (Å²) in [5.41, 5.74) is 1.42. The number of benzene rings is 1. The van der Waals surface area contributed by atoms with Crippen molar-refractivity contribution < 1.29 is 4.74 Å². The molecule has 0 bridgehead atoms. The summed E-state index contributed by atoms with van der Waals surface area (Å²) >= 11 is 0. The van der Waals surface area contributed by atoms with E-state index in [1.54, 1.807) is 10.9 Å². The molecule has 0 atom stereocenters. The van der Waals surface area contributed by atoms with Crippen LogP contribution in [0, 0.1) is 11.3 Å². The van der Waals surface area contributed by atoms with Crippen LogP contribution >= 0.6 is 0 Å². The molecule has 1 N–H and O–H groups in total. The number of aromatic nitrogens is 2. The minimum Gasteiger partial charge on any atom is -0.360 e. The van der Waals surface area contributed by atoms with Crippen LogP contribution in [0.2, 0.25) is 25.7 Å². The Bertz CT molecular complexity index is 640. The summed E-state index contributed by atoms with van der Waals surface area (Å²) in [7, 11) is -1.08. The SMILES string of the molecule is C[Si](C)(C)CCOCn1cc(C#N)c(Nc2ccccc2)n1. The topological polar surface area (TPSA) is 62.9 Å². The van der Waals surface area contributed by atoms with Crippen LogP contribution in [-0.4, -0.2) is 24.5 Å². The molecule has 0 aliphatic carbocycles. The van der Waals surface area contributed by atoms with Crippen molar-refractivity contribution in [2.24, 2.45) is 0 Å². The Kier molecular flexibility index (Phi) is 5.36. The number of nitrogens with one attached hydrogen (secondary N) is 1.